The van der Waals surface area contributed by atoms with E-state index < -0.39 is 0 Å². The summed E-state index contributed by atoms with van der Waals surface area (Å²) in [6.07, 6.45) is 13.1. The van der Waals surface area contributed by atoms with E-state index in [4.69, 9.17) is 22.1 Å². The molecule has 0 atom stereocenters. The molecular weight excluding hydrogens is 501 g/mol. The second kappa shape index (κ2) is 16.8. The van der Waals surface area contributed by atoms with Gasteiger partial charge in [-0.25, -0.2) is 0 Å². The first-order valence-corrected chi connectivity index (χ1v) is 18.4. The summed E-state index contributed by atoms with van der Waals surface area (Å²) in [7, 11) is 2.54. The SMILES string of the molecule is CCCCCCCCCCCC(=C(C)[SiH2]C)c1c(O[SiH3])c(O[SiH3])c(O[SiH3])c(O[SiH3])c1O[SiH3]. The van der Waals surface area contributed by atoms with Crippen molar-refractivity contribution < 1.29 is 22.1 Å². The van der Waals surface area contributed by atoms with Crippen molar-refractivity contribution in [3.8, 4) is 28.7 Å². The van der Waals surface area contributed by atoms with E-state index in [1.165, 1.54) is 68.6 Å². The van der Waals surface area contributed by atoms with Gasteiger partial charge < -0.3 is 22.1 Å². The van der Waals surface area contributed by atoms with Crippen molar-refractivity contribution in [1.29, 1.82) is 0 Å². The summed E-state index contributed by atoms with van der Waals surface area (Å²) in [4.78, 5) is 0. The molecule has 0 unspecified atom stereocenters. The van der Waals surface area contributed by atoms with Gasteiger partial charge in [-0.1, -0.05) is 70.0 Å². The van der Waals surface area contributed by atoms with E-state index in [1.54, 1.807) is 0 Å². The Morgan fingerprint density at radius 1 is 0.625 bits per heavy atom. The lowest BCUT2D eigenvalue weighted by Gasteiger charge is -2.26. The molecule has 0 amide bonds. The maximum atomic E-state index is 6.06. The summed E-state index contributed by atoms with van der Waals surface area (Å²) in [5, 5.41) is 1.52. The van der Waals surface area contributed by atoms with Gasteiger partial charge in [0.1, 0.15) is 0 Å². The first kappa shape index (κ1) is 29.3. The van der Waals surface area contributed by atoms with E-state index in [1.807, 2.05) is 0 Å². The number of benzene rings is 1. The smallest absolute Gasteiger partial charge is 0.204 e. The van der Waals surface area contributed by atoms with Gasteiger partial charge in [-0.3, -0.25) is 0 Å². The first-order valence-electron chi connectivity index (χ1n) is 12.2. The topological polar surface area (TPSA) is 46.2 Å². The summed E-state index contributed by atoms with van der Waals surface area (Å²) in [5.74, 6) is 3.69. The van der Waals surface area contributed by atoms with Crippen LogP contribution in [0.4, 0.5) is 0 Å². The first-order chi connectivity index (χ1) is 15.6. The van der Waals surface area contributed by atoms with Gasteiger partial charge >= 0.3 is 0 Å². The molecule has 11 heteroatoms. The molecule has 0 heterocycles. The maximum Gasteiger partial charge on any atom is 0.204 e. The zero-order chi connectivity index (χ0) is 23.9. The highest BCUT2D eigenvalue weighted by Crippen LogP contribution is 2.56. The lowest BCUT2D eigenvalue weighted by atomic mass is 9.95. The van der Waals surface area contributed by atoms with Crippen molar-refractivity contribution in [1.82, 2.24) is 0 Å². The van der Waals surface area contributed by atoms with Crippen molar-refractivity contribution >= 4 is 67.5 Å². The third-order valence-electron chi connectivity index (χ3n) is 6.18. The molecule has 184 valence electrons. The molecule has 0 saturated heterocycles. The average Bonchev–Trinajstić information content (AvgIpc) is 2.82. The van der Waals surface area contributed by atoms with Crippen LogP contribution in [-0.2, 0) is 0 Å². The third kappa shape index (κ3) is 7.94. The molecule has 0 N–H and O–H groups in total. The van der Waals surface area contributed by atoms with Gasteiger partial charge in [-0.2, -0.15) is 0 Å². The molecule has 0 saturated carbocycles. The number of hydrogen-bond donors (Lipinski definition) is 0. The fourth-order valence-corrected chi connectivity index (χ4v) is 6.91. The molecule has 0 aliphatic rings. The molecule has 1 aromatic carbocycles. The van der Waals surface area contributed by atoms with Gasteiger partial charge in [-0.05, 0) is 25.3 Å². The summed E-state index contributed by atoms with van der Waals surface area (Å²) in [5.41, 5.74) is 2.46. The predicted molar refractivity (Wildman–Crippen MR) is 158 cm³/mol. The van der Waals surface area contributed by atoms with Crippen LogP contribution in [0.2, 0.25) is 6.55 Å². The molecule has 0 fully saturated rings. The van der Waals surface area contributed by atoms with Crippen LogP contribution in [0.1, 0.15) is 83.6 Å². The number of unbranched alkanes of at least 4 members (excludes halogenated alkanes) is 8. The van der Waals surface area contributed by atoms with Gasteiger partial charge in [0.15, 0.2) is 28.7 Å². The van der Waals surface area contributed by atoms with E-state index in [9.17, 15) is 0 Å². The van der Waals surface area contributed by atoms with E-state index in [2.05, 4.69) is 20.4 Å². The minimum absolute atomic E-state index is 0.306. The lowest BCUT2D eigenvalue weighted by molar-refractivity contribution is 0.459. The molecule has 0 bridgehead atoms. The molecule has 1 aromatic rings. The standard InChI is InChI=1S/C21H46O5Si6/c1-4-5-6-7-8-9-10-11-12-13-15(14(2)32-3)16-17(22-27)19(24-29)21(26-31)20(25-30)18(16)23-28/h4-13,32H2,1-3,27-31H3. The van der Waals surface area contributed by atoms with Crippen LogP contribution >= 0.6 is 0 Å². The summed E-state index contributed by atoms with van der Waals surface area (Å²) in [6, 6.07) is 0. The molecular formula is C21H46O5Si6. The van der Waals surface area contributed by atoms with E-state index in [0.29, 0.717) is 69.7 Å². The normalized spacial score (nSPS) is 12.6. The van der Waals surface area contributed by atoms with Crippen molar-refractivity contribution in [2.75, 3.05) is 0 Å². The van der Waals surface area contributed by atoms with Gasteiger partial charge in [0.25, 0.3) is 0 Å². The summed E-state index contributed by atoms with van der Waals surface area (Å²) < 4.78 is 29.8. The van der Waals surface area contributed by atoms with Crippen LogP contribution in [0.15, 0.2) is 5.20 Å². The van der Waals surface area contributed by atoms with Crippen molar-refractivity contribution in [3.63, 3.8) is 0 Å². The average molecular weight is 547 g/mol. The molecule has 0 aliphatic carbocycles. The minimum atomic E-state index is -0.306. The highest BCUT2D eigenvalue weighted by molar-refractivity contribution is 6.45. The number of rotatable bonds is 17. The number of allylic oxidation sites excluding steroid dienone is 2. The second-order valence-electron chi connectivity index (χ2n) is 8.23. The van der Waals surface area contributed by atoms with Crippen molar-refractivity contribution in [2.45, 2.75) is 84.6 Å². The zero-order valence-electron chi connectivity index (χ0n) is 21.8. The fourth-order valence-electron chi connectivity index (χ4n) is 4.24. The zero-order valence-corrected chi connectivity index (χ0v) is 33.2. The summed E-state index contributed by atoms with van der Waals surface area (Å²) >= 11 is 0. The molecule has 5 nitrogen and oxygen atoms in total. The maximum absolute atomic E-state index is 6.06. The van der Waals surface area contributed by atoms with E-state index in [0.717, 1.165) is 23.5 Å². The van der Waals surface area contributed by atoms with Crippen molar-refractivity contribution in [3.05, 3.63) is 10.8 Å². The van der Waals surface area contributed by atoms with Crippen LogP contribution in [0.3, 0.4) is 0 Å². The highest BCUT2D eigenvalue weighted by atomic mass is 28.2. The Morgan fingerprint density at radius 3 is 1.38 bits per heavy atom. The molecule has 32 heavy (non-hydrogen) atoms. The van der Waals surface area contributed by atoms with E-state index in [-0.39, 0.29) is 9.52 Å². The molecule has 0 spiro atoms. The molecule has 1 rings (SSSR count). The fraction of sp³-hybridized carbons (Fsp3) is 0.619. The Bertz CT molecular complexity index is 696. The van der Waals surface area contributed by atoms with Gasteiger partial charge in [0.05, 0.1) is 5.56 Å². The molecule has 0 radical (unpaired) electrons. The van der Waals surface area contributed by atoms with Crippen LogP contribution in [0.25, 0.3) is 5.57 Å². The monoisotopic (exact) mass is 546 g/mol. The Balaban J connectivity index is 3.17. The van der Waals surface area contributed by atoms with Crippen LogP contribution in [0, 0.1) is 0 Å². The minimum Gasteiger partial charge on any atom is -0.550 e. The molecule has 0 aromatic heterocycles. The van der Waals surface area contributed by atoms with Gasteiger partial charge in [0, 0.05) is 9.52 Å². The van der Waals surface area contributed by atoms with Gasteiger partial charge in [-0.15, -0.1) is 0 Å². The van der Waals surface area contributed by atoms with E-state index >= 15 is 0 Å². The lowest BCUT2D eigenvalue weighted by Crippen LogP contribution is -2.08. The number of hydrogen-bond acceptors (Lipinski definition) is 5. The third-order valence-corrected chi connectivity index (χ3v) is 9.71. The summed E-state index contributed by atoms with van der Waals surface area (Å²) in [6.45, 7) is 6.93. The Hall–Kier alpha value is -0.739. The molecule has 0 aliphatic heterocycles. The Labute approximate surface area is 213 Å². The van der Waals surface area contributed by atoms with Crippen LogP contribution in [0.5, 0.6) is 28.7 Å². The highest BCUT2D eigenvalue weighted by Gasteiger charge is 2.29. The quantitative estimate of drug-likeness (QED) is 0.201. The Kier molecular flexibility index (Phi) is 15.4. The predicted octanol–water partition coefficient (Wildman–Crippen LogP) is -0.149. The van der Waals surface area contributed by atoms with Crippen LogP contribution in [-0.4, -0.2) is 61.9 Å². The van der Waals surface area contributed by atoms with Gasteiger partial charge in [0.2, 0.25) is 52.4 Å². The Morgan fingerprint density at radius 2 is 1.00 bits per heavy atom. The van der Waals surface area contributed by atoms with Crippen LogP contribution < -0.4 is 22.1 Å². The second-order valence-corrected chi connectivity index (χ2v) is 12.0. The largest absolute Gasteiger partial charge is 0.550 e. The van der Waals surface area contributed by atoms with Crippen molar-refractivity contribution in [2.24, 2.45) is 0 Å².